The van der Waals surface area contributed by atoms with E-state index in [1.165, 1.54) is 122 Å². The number of fused-ring (bicyclic) bond motifs is 8. The van der Waals surface area contributed by atoms with Gasteiger partial charge in [-0.1, -0.05) is 157 Å². The summed E-state index contributed by atoms with van der Waals surface area (Å²) in [6.07, 6.45) is 2.32. The van der Waals surface area contributed by atoms with Gasteiger partial charge < -0.3 is 9.80 Å². The van der Waals surface area contributed by atoms with Crippen LogP contribution in [0, 0.1) is 6.92 Å². The first-order chi connectivity index (χ1) is 31.5. The van der Waals surface area contributed by atoms with Crippen LogP contribution in [-0.2, 0) is 27.1 Å². The van der Waals surface area contributed by atoms with E-state index in [0.717, 1.165) is 6.42 Å². The highest BCUT2D eigenvalue weighted by atomic mass is 32.1. The van der Waals surface area contributed by atoms with Crippen molar-refractivity contribution in [1.82, 2.24) is 0 Å². The number of benzene rings is 7. The van der Waals surface area contributed by atoms with Gasteiger partial charge in [0.15, 0.2) is 0 Å². The fourth-order valence-corrected chi connectivity index (χ4v) is 12.9. The standard InChI is InChI=1S/C63H67BN2S/c1-38-31-53-56-54(32-38)66(52-37-49-48(62(11,12)29-30-63(49,13)14)36-46(52)41-20-19-39-17-15-16-18-40(39)33-41)51-27-23-44(61(8,9)10)35-50(51)64(56)58-57(47-34-43(60(5,6)7)24-28-55(47)67-58)65(53)45-25-21-42(22-26-45)59(2,3)4/h15-28,31-37H,29-30H2,1-14H3. The van der Waals surface area contributed by atoms with Gasteiger partial charge in [0.25, 0.3) is 6.71 Å². The number of rotatable bonds is 3. The molecular formula is C63H67BN2S. The summed E-state index contributed by atoms with van der Waals surface area (Å²) >= 11 is 2.00. The van der Waals surface area contributed by atoms with E-state index in [1.54, 1.807) is 0 Å². The van der Waals surface area contributed by atoms with E-state index in [2.05, 4.69) is 234 Å². The van der Waals surface area contributed by atoms with Crippen LogP contribution in [0.15, 0.2) is 127 Å². The SMILES string of the molecule is Cc1cc2c3c(c1)N(c1ccc(C(C)(C)C)cc1)c1c(sc4ccc(C(C)(C)C)cc14)B3c1cc(C(C)(C)C)ccc1N2c1cc2c(cc1-c1ccc3ccccc3c1)C(C)(C)CCC2(C)C. The molecule has 0 saturated carbocycles. The van der Waals surface area contributed by atoms with Crippen LogP contribution >= 0.6 is 11.3 Å². The zero-order chi connectivity index (χ0) is 47.3. The monoisotopic (exact) mass is 895 g/mol. The third-order valence-corrected chi connectivity index (χ3v) is 17.0. The molecule has 7 aromatic carbocycles. The highest BCUT2D eigenvalue weighted by molar-refractivity contribution is 7.33. The van der Waals surface area contributed by atoms with Gasteiger partial charge in [-0.15, -0.1) is 11.3 Å². The molecule has 0 atom stereocenters. The Kier molecular flexibility index (Phi) is 9.65. The molecule has 0 unspecified atom stereocenters. The van der Waals surface area contributed by atoms with E-state index < -0.39 is 0 Å². The predicted molar refractivity (Wildman–Crippen MR) is 295 cm³/mol. The molecule has 0 radical (unpaired) electrons. The summed E-state index contributed by atoms with van der Waals surface area (Å²) in [6, 6.07) is 50.4. The van der Waals surface area contributed by atoms with Gasteiger partial charge in [-0.25, -0.2) is 0 Å². The highest BCUT2D eigenvalue weighted by Gasteiger charge is 2.47. The molecule has 0 amide bonds. The lowest BCUT2D eigenvalue weighted by Crippen LogP contribution is -2.60. The summed E-state index contributed by atoms with van der Waals surface area (Å²) in [4.78, 5) is 5.35. The summed E-state index contributed by atoms with van der Waals surface area (Å²) in [5.74, 6) is 0. The Balaban J connectivity index is 1.27. The maximum Gasteiger partial charge on any atom is 0.264 e. The van der Waals surface area contributed by atoms with Crippen molar-refractivity contribution >= 4 is 88.7 Å². The molecule has 0 saturated heterocycles. The average molecular weight is 895 g/mol. The Hall–Kier alpha value is -5.58. The molecule has 0 bridgehead atoms. The Bertz CT molecular complexity index is 3320. The van der Waals surface area contributed by atoms with Crippen molar-refractivity contribution in [2.75, 3.05) is 9.80 Å². The molecule has 8 aromatic rings. The summed E-state index contributed by atoms with van der Waals surface area (Å²) in [5, 5.41) is 3.88. The van der Waals surface area contributed by atoms with Gasteiger partial charge in [-0.3, -0.25) is 0 Å². The number of anilines is 6. The van der Waals surface area contributed by atoms with Crippen LogP contribution in [0.3, 0.4) is 0 Å². The van der Waals surface area contributed by atoms with Crippen molar-refractivity contribution in [3.05, 3.63) is 161 Å². The molecule has 0 N–H and O–H groups in total. The number of hydrogen-bond acceptors (Lipinski definition) is 3. The van der Waals surface area contributed by atoms with Gasteiger partial charge in [0, 0.05) is 43.2 Å². The molecule has 11 rings (SSSR count). The van der Waals surface area contributed by atoms with Crippen molar-refractivity contribution in [1.29, 1.82) is 0 Å². The zero-order valence-corrected chi connectivity index (χ0v) is 43.2. The smallest absolute Gasteiger partial charge is 0.264 e. The lowest BCUT2D eigenvalue weighted by molar-refractivity contribution is 0.332. The molecule has 338 valence electrons. The lowest BCUT2D eigenvalue weighted by atomic mass is 9.36. The van der Waals surface area contributed by atoms with E-state index in [1.807, 2.05) is 11.3 Å². The molecule has 1 aromatic heterocycles. The summed E-state index contributed by atoms with van der Waals surface area (Å²) < 4.78 is 2.77. The van der Waals surface area contributed by atoms with Crippen LogP contribution in [-0.4, -0.2) is 6.71 Å². The first kappa shape index (κ1) is 44.0. The average Bonchev–Trinajstić information content (AvgIpc) is 3.65. The maximum atomic E-state index is 2.70. The second-order valence-corrected chi connectivity index (χ2v) is 25.7. The maximum absolute atomic E-state index is 2.70. The largest absolute Gasteiger partial charge is 0.311 e. The van der Waals surface area contributed by atoms with Gasteiger partial charge in [0.1, 0.15) is 0 Å². The lowest BCUT2D eigenvalue weighted by Gasteiger charge is -2.46. The van der Waals surface area contributed by atoms with Crippen LogP contribution in [0.2, 0.25) is 0 Å². The van der Waals surface area contributed by atoms with Gasteiger partial charge in [0.2, 0.25) is 0 Å². The second-order valence-electron chi connectivity index (χ2n) is 24.7. The molecule has 67 heavy (non-hydrogen) atoms. The predicted octanol–water partition coefficient (Wildman–Crippen LogP) is 16.4. The summed E-state index contributed by atoms with van der Waals surface area (Å²) in [5.41, 5.74) is 21.3. The first-order valence-corrected chi connectivity index (χ1v) is 25.6. The fraction of sp³-hybridized carbons (Fsp3) is 0.333. The molecular weight excluding hydrogens is 828 g/mol. The number of nitrogens with zero attached hydrogens (tertiary/aromatic N) is 2. The van der Waals surface area contributed by atoms with Crippen LogP contribution in [0.1, 0.15) is 136 Å². The van der Waals surface area contributed by atoms with Crippen LogP contribution in [0.25, 0.3) is 32.0 Å². The Morgan fingerprint density at radius 2 is 1.10 bits per heavy atom. The molecule has 4 heteroatoms. The van der Waals surface area contributed by atoms with Crippen LogP contribution in [0.5, 0.6) is 0 Å². The first-order valence-electron chi connectivity index (χ1n) is 24.7. The molecule has 3 heterocycles. The molecule has 3 aliphatic rings. The van der Waals surface area contributed by atoms with Crippen LogP contribution < -0.4 is 25.5 Å². The minimum atomic E-state index is -0.0337. The number of aryl methyl sites for hydroxylation is 1. The van der Waals surface area contributed by atoms with E-state index in [9.17, 15) is 0 Å². The van der Waals surface area contributed by atoms with Crippen molar-refractivity contribution < 1.29 is 0 Å². The van der Waals surface area contributed by atoms with Crippen LogP contribution in [0.4, 0.5) is 34.1 Å². The minimum absolute atomic E-state index is 0.0134. The Morgan fingerprint density at radius 3 is 1.76 bits per heavy atom. The quantitative estimate of drug-likeness (QED) is 0.163. The molecule has 2 nitrogen and oxygen atoms in total. The topological polar surface area (TPSA) is 6.48 Å². The highest BCUT2D eigenvalue weighted by Crippen LogP contribution is 2.54. The second kappa shape index (κ2) is 14.7. The van der Waals surface area contributed by atoms with Gasteiger partial charge >= 0.3 is 0 Å². The van der Waals surface area contributed by atoms with E-state index >= 15 is 0 Å². The van der Waals surface area contributed by atoms with E-state index in [4.69, 9.17) is 0 Å². The van der Waals surface area contributed by atoms with Crippen molar-refractivity contribution in [2.45, 2.75) is 137 Å². The zero-order valence-electron chi connectivity index (χ0n) is 42.4. The van der Waals surface area contributed by atoms with Gasteiger partial charge in [-0.2, -0.15) is 0 Å². The Morgan fingerprint density at radius 1 is 0.522 bits per heavy atom. The molecule has 0 spiro atoms. The van der Waals surface area contributed by atoms with E-state index in [-0.39, 0.29) is 33.8 Å². The van der Waals surface area contributed by atoms with Gasteiger partial charge in [0.05, 0.1) is 11.4 Å². The summed E-state index contributed by atoms with van der Waals surface area (Å²) in [7, 11) is 0. The van der Waals surface area contributed by atoms with E-state index in [0.29, 0.717) is 0 Å². The minimum Gasteiger partial charge on any atom is -0.311 e. The molecule has 0 fully saturated rings. The molecule has 2 aliphatic heterocycles. The normalized spacial score (nSPS) is 16.2. The van der Waals surface area contributed by atoms with Crippen molar-refractivity contribution in [3.63, 3.8) is 0 Å². The third-order valence-electron chi connectivity index (χ3n) is 15.8. The number of thiophene rings is 1. The fourth-order valence-electron chi connectivity index (χ4n) is 11.6. The van der Waals surface area contributed by atoms with Crippen molar-refractivity contribution in [2.24, 2.45) is 0 Å². The van der Waals surface area contributed by atoms with Gasteiger partial charge in [-0.05, 0) is 168 Å². The Labute approximate surface area is 405 Å². The third kappa shape index (κ3) is 7.02. The summed E-state index contributed by atoms with van der Waals surface area (Å²) in [6.45, 7) is 33.3. The van der Waals surface area contributed by atoms with Crippen molar-refractivity contribution in [3.8, 4) is 11.1 Å². The molecule has 1 aliphatic carbocycles. The number of hydrogen-bond donors (Lipinski definition) is 0.